The van der Waals surface area contributed by atoms with Gasteiger partial charge in [-0.3, -0.25) is 0 Å². The molecule has 0 heterocycles. The van der Waals surface area contributed by atoms with Gasteiger partial charge in [0.1, 0.15) is 0 Å². The molecule has 1 aromatic rings. The molecule has 0 saturated carbocycles. The molecular weight excluding hydrogens is 334 g/mol. The zero-order chi connectivity index (χ0) is 10.8. The summed E-state index contributed by atoms with van der Waals surface area (Å²) in [7, 11) is -3.38. The third-order valence-electron chi connectivity index (χ3n) is 1.52. The van der Waals surface area contributed by atoms with E-state index >= 15 is 0 Å². The van der Waals surface area contributed by atoms with Crippen molar-refractivity contribution in [3.63, 3.8) is 0 Å². The highest BCUT2D eigenvalue weighted by molar-refractivity contribution is 9.11. The first kappa shape index (κ1) is 12.2. The quantitative estimate of drug-likeness (QED) is 0.917. The van der Waals surface area contributed by atoms with E-state index in [2.05, 4.69) is 36.6 Å². The van der Waals surface area contributed by atoms with Crippen molar-refractivity contribution in [2.45, 2.75) is 11.8 Å². The summed E-state index contributed by atoms with van der Waals surface area (Å²) in [5, 5.41) is 0. The van der Waals surface area contributed by atoms with E-state index in [4.69, 9.17) is 0 Å². The van der Waals surface area contributed by atoms with Crippen molar-refractivity contribution in [1.82, 2.24) is 4.72 Å². The molecule has 0 bridgehead atoms. The Balaban J connectivity index is 3.20. The Bertz CT molecular complexity index is 431. The lowest BCUT2D eigenvalue weighted by atomic mass is 10.4. The van der Waals surface area contributed by atoms with E-state index < -0.39 is 10.0 Å². The van der Waals surface area contributed by atoms with Gasteiger partial charge in [0, 0.05) is 15.5 Å². The minimum absolute atomic E-state index is 0.252. The van der Waals surface area contributed by atoms with Gasteiger partial charge in [-0.05, 0) is 34.1 Å². The van der Waals surface area contributed by atoms with E-state index in [9.17, 15) is 8.42 Å². The van der Waals surface area contributed by atoms with Crippen molar-refractivity contribution in [2.75, 3.05) is 6.54 Å². The predicted molar refractivity (Wildman–Crippen MR) is 62.7 cm³/mol. The molecule has 1 rings (SSSR count). The van der Waals surface area contributed by atoms with E-state index in [1.807, 2.05) is 0 Å². The molecule has 0 unspecified atom stereocenters. The summed E-state index contributed by atoms with van der Waals surface area (Å²) in [4.78, 5) is 0.252. The fourth-order valence-electron chi connectivity index (χ4n) is 0.961. The fraction of sp³-hybridized carbons (Fsp3) is 0.250. The van der Waals surface area contributed by atoms with Gasteiger partial charge in [-0.2, -0.15) is 0 Å². The average molecular weight is 343 g/mol. The summed E-state index contributed by atoms with van der Waals surface area (Å²) in [5.41, 5.74) is 0. The molecule has 1 aromatic carbocycles. The first-order chi connectivity index (χ1) is 6.47. The topological polar surface area (TPSA) is 46.2 Å². The molecular formula is C8H9Br2NO2S. The van der Waals surface area contributed by atoms with E-state index in [0.717, 1.165) is 4.47 Å². The summed E-state index contributed by atoms with van der Waals surface area (Å²) in [6.07, 6.45) is 0. The maximum atomic E-state index is 11.6. The molecule has 3 nitrogen and oxygen atoms in total. The van der Waals surface area contributed by atoms with Crippen LogP contribution in [-0.2, 0) is 10.0 Å². The van der Waals surface area contributed by atoms with Gasteiger partial charge in [0.2, 0.25) is 10.0 Å². The third-order valence-corrected chi connectivity index (χ3v) is 4.53. The van der Waals surface area contributed by atoms with Crippen LogP contribution in [0.5, 0.6) is 0 Å². The maximum absolute atomic E-state index is 11.6. The minimum Gasteiger partial charge on any atom is -0.211 e. The highest BCUT2D eigenvalue weighted by atomic mass is 79.9. The van der Waals surface area contributed by atoms with Crippen LogP contribution in [-0.4, -0.2) is 15.0 Å². The normalized spacial score (nSPS) is 11.6. The van der Waals surface area contributed by atoms with Gasteiger partial charge < -0.3 is 0 Å². The minimum atomic E-state index is -3.38. The summed E-state index contributed by atoms with van der Waals surface area (Å²) >= 11 is 6.46. The van der Waals surface area contributed by atoms with Gasteiger partial charge in [-0.25, -0.2) is 13.1 Å². The predicted octanol–water partition coefficient (Wildman–Crippen LogP) is 2.51. The van der Waals surface area contributed by atoms with Crippen LogP contribution in [0.4, 0.5) is 0 Å². The Hall–Kier alpha value is 0.0900. The standard InChI is InChI=1S/C8H9Br2NO2S/c1-2-11-14(12,13)8-4-3-6(9)5-7(8)10/h3-5,11H,2H2,1H3. The van der Waals surface area contributed by atoms with Crippen molar-refractivity contribution in [3.8, 4) is 0 Å². The zero-order valence-electron chi connectivity index (χ0n) is 7.42. The smallest absolute Gasteiger partial charge is 0.211 e. The van der Waals surface area contributed by atoms with Gasteiger partial charge in [0.05, 0.1) is 4.90 Å². The van der Waals surface area contributed by atoms with Gasteiger partial charge in [-0.1, -0.05) is 22.9 Å². The largest absolute Gasteiger partial charge is 0.241 e. The number of rotatable bonds is 3. The van der Waals surface area contributed by atoms with Gasteiger partial charge in [-0.15, -0.1) is 0 Å². The first-order valence-corrected chi connectivity index (χ1v) is 6.99. The van der Waals surface area contributed by atoms with Crippen LogP contribution >= 0.6 is 31.9 Å². The molecule has 0 aromatic heterocycles. The molecule has 0 atom stereocenters. The number of nitrogens with one attached hydrogen (secondary N) is 1. The molecule has 0 saturated heterocycles. The molecule has 0 aliphatic rings. The highest BCUT2D eigenvalue weighted by Crippen LogP contribution is 2.25. The van der Waals surface area contributed by atoms with E-state index in [-0.39, 0.29) is 4.90 Å². The number of halogens is 2. The first-order valence-electron chi connectivity index (χ1n) is 3.92. The maximum Gasteiger partial charge on any atom is 0.241 e. The lowest BCUT2D eigenvalue weighted by Gasteiger charge is -2.06. The Kier molecular flexibility index (Phi) is 4.12. The summed E-state index contributed by atoms with van der Waals surface area (Å²) in [5.74, 6) is 0. The second kappa shape index (κ2) is 4.74. The molecule has 0 fully saturated rings. The van der Waals surface area contributed by atoms with Crippen molar-refractivity contribution >= 4 is 41.9 Å². The third kappa shape index (κ3) is 2.79. The van der Waals surface area contributed by atoms with Crippen molar-refractivity contribution < 1.29 is 8.42 Å². The van der Waals surface area contributed by atoms with Crippen molar-refractivity contribution in [2.24, 2.45) is 0 Å². The second-order valence-electron chi connectivity index (χ2n) is 2.58. The van der Waals surface area contributed by atoms with Crippen LogP contribution < -0.4 is 4.72 Å². The number of hydrogen-bond donors (Lipinski definition) is 1. The van der Waals surface area contributed by atoms with Crippen LogP contribution in [0, 0.1) is 0 Å². The molecule has 0 amide bonds. The molecule has 78 valence electrons. The molecule has 0 radical (unpaired) electrons. The lowest BCUT2D eigenvalue weighted by molar-refractivity contribution is 0.583. The van der Waals surface area contributed by atoms with E-state index in [0.29, 0.717) is 11.0 Å². The molecule has 1 N–H and O–H groups in total. The van der Waals surface area contributed by atoms with Crippen molar-refractivity contribution in [1.29, 1.82) is 0 Å². The summed E-state index contributed by atoms with van der Waals surface area (Å²) in [6.45, 7) is 2.12. The Labute approximate surface area is 100 Å². The number of benzene rings is 1. The molecule has 0 aliphatic carbocycles. The molecule has 6 heteroatoms. The van der Waals surface area contributed by atoms with Crippen molar-refractivity contribution in [3.05, 3.63) is 27.1 Å². The summed E-state index contributed by atoms with van der Waals surface area (Å²) < 4.78 is 27.0. The van der Waals surface area contributed by atoms with Crippen LogP contribution in [0.15, 0.2) is 32.0 Å². The Morgan fingerprint density at radius 1 is 1.36 bits per heavy atom. The van der Waals surface area contributed by atoms with E-state index in [1.54, 1.807) is 25.1 Å². The molecule has 14 heavy (non-hydrogen) atoms. The molecule has 0 aliphatic heterocycles. The number of sulfonamides is 1. The van der Waals surface area contributed by atoms with Gasteiger partial charge in [0.15, 0.2) is 0 Å². The Morgan fingerprint density at radius 3 is 2.50 bits per heavy atom. The van der Waals surface area contributed by atoms with Crippen LogP contribution in [0.25, 0.3) is 0 Å². The molecule has 0 spiro atoms. The average Bonchev–Trinajstić information content (AvgIpc) is 2.02. The fourth-order valence-corrected chi connectivity index (χ4v) is 3.75. The SMILES string of the molecule is CCNS(=O)(=O)c1ccc(Br)cc1Br. The van der Waals surface area contributed by atoms with Crippen LogP contribution in [0.1, 0.15) is 6.92 Å². The monoisotopic (exact) mass is 341 g/mol. The lowest BCUT2D eigenvalue weighted by Crippen LogP contribution is -2.23. The highest BCUT2D eigenvalue weighted by Gasteiger charge is 2.15. The zero-order valence-corrected chi connectivity index (χ0v) is 11.4. The van der Waals surface area contributed by atoms with Crippen LogP contribution in [0.3, 0.4) is 0 Å². The van der Waals surface area contributed by atoms with E-state index in [1.165, 1.54) is 0 Å². The summed E-state index contributed by atoms with van der Waals surface area (Å²) in [6, 6.07) is 4.94. The van der Waals surface area contributed by atoms with Gasteiger partial charge in [0.25, 0.3) is 0 Å². The van der Waals surface area contributed by atoms with Gasteiger partial charge >= 0.3 is 0 Å². The second-order valence-corrected chi connectivity index (χ2v) is 6.08. The Morgan fingerprint density at radius 2 is 2.00 bits per heavy atom. The van der Waals surface area contributed by atoms with Crippen LogP contribution in [0.2, 0.25) is 0 Å². The number of hydrogen-bond acceptors (Lipinski definition) is 2.